The van der Waals surface area contributed by atoms with Crippen LogP contribution in [-0.4, -0.2) is 41.6 Å². The zero-order valence-electron chi connectivity index (χ0n) is 16.0. The Kier molecular flexibility index (Phi) is 4.43. The van der Waals surface area contributed by atoms with Crippen molar-refractivity contribution in [3.63, 3.8) is 0 Å². The number of nitrogens with one attached hydrogen (secondary N) is 3. The van der Waals surface area contributed by atoms with Crippen molar-refractivity contribution < 1.29 is 4.79 Å². The molecule has 0 saturated carbocycles. The molecule has 0 fully saturated rings. The molecular formula is C18H19N7O2S2. The van der Waals surface area contributed by atoms with Crippen LogP contribution in [0.2, 0.25) is 0 Å². The summed E-state index contributed by atoms with van der Waals surface area (Å²) in [5.41, 5.74) is 2.61. The normalized spacial score (nSPS) is 13.4. The van der Waals surface area contributed by atoms with E-state index in [0.29, 0.717) is 23.0 Å². The van der Waals surface area contributed by atoms with Gasteiger partial charge in [0.15, 0.2) is 5.65 Å². The fraction of sp³-hybridized carbons (Fsp3) is 0.389. The lowest BCUT2D eigenvalue weighted by molar-refractivity contribution is -0.113. The van der Waals surface area contributed by atoms with Gasteiger partial charge in [0.25, 0.3) is 5.56 Å². The molecule has 0 atom stereocenters. The average molecular weight is 430 g/mol. The molecule has 0 bridgehead atoms. The van der Waals surface area contributed by atoms with E-state index in [0.717, 1.165) is 40.6 Å². The minimum absolute atomic E-state index is 0.0682. The van der Waals surface area contributed by atoms with Crippen LogP contribution in [-0.2, 0) is 30.4 Å². The smallest absolute Gasteiger partial charge is 0.259 e. The molecular weight excluding hydrogens is 410 g/mol. The molecule has 1 amide bonds. The fourth-order valence-electron chi connectivity index (χ4n) is 3.85. The molecule has 150 valence electrons. The van der Waals surface area contributed by atoms with Crippen LogP contribution < -0.4 is 10.9 Å². The van der Waals surface area contributed by atoms with E-state index in [2.05, 4.69) is 30.6 Å². The first kappa shape index (κ1) is 18.4. The third kappa shape index (κ3) is 3.14. The molecule has 1 aliphatic rings. The SMILES string of the molecule is Cc1nn(C)c2n[nH]c(NC(=O)CSCc3nc4sc5c(c4c(=O)[nH]3)CCC5)c12. The van der Waals surface area contributed by atoms with Gasteiger partial charge in [-0.15, -0.1) is 23.1 Å². The van der Waals surface area contributed by atoms with Crippen molar-refractivity contribution in [1.29, 1.82) is 0 Å². The predicted octanol–water partition coefficient (Wildman–Crippen LogP) is 2.26. The third-order valence-electron chi connectivity index (χ3n) is 5.08. The Bertz CT molecular complexity index is 1310. The molecule has 4 aromatic rings. The topological polar surface area (TPSA) is 121 Å². The number of thiophene rings is 1. The van der Waals surface area contributed by atoms with Gasteiger partial charge in [0.2, 0.25) is 5.91 Å². The number of aromatic nitrogens is 6. The first-order valence-corrected chi connectivity index (χ1v) is 11.3. The van der Waals surface area contributed by atoms with Crippen LogP contribution in [0, 0.1) is 6.92 Å². The first-order chi connectivity index (χ1) is 14.0. The van der Waals surface area contributed by atoms with Crippen LogP contribution in [0.5, 0.6) is 0 Å². The van der Waals surface area contributed by atoms with Gasteiger partial charge in [0.05, 0.1) is 28.0 Å². The summed E-state index contributed by atoms with van der Waals surface area (Å²) in [6, 6.07) is 0. The molecule has 5 rings (SSSR count). The minimum atomic E-state index is -0.151. The van der Waals surface area contributed by atoms with Crippen LogP contribution in [0.15, 0.2) is 4.79 Å². The zero-order chi connectivity index (χ0) is 20.1. The van der Waals surface area contributed by atoms with Crippen molar-refractivity contribution in [3.05, 3.63) is 32.3 Å². The monoisotopic (exact) mass is 429 g/mol. The summed E-state index contributed by atoms with van der Waals surface area (Å²) in [4.78, 5) is 34.4. The van der Waals surface area contributed by atoms with Gasteiger partial charge in [-0.05, 0) is 31.7 Å². The molecule has 11 heteroatoms. The number of carbonyl (C=O) groups excluding carboxylic acids is 1. The molecule has 29 heavy (non-hydrogen) atoms. The molecule has 0 spiro atoms. The number of thioether (sulfide) groups is 1. The number of rotatable bonds is 5. The summed E-state index contributed by atoms with van der Waals surface area (Å²) in [5, 5.41) is 15.8. The number of hydrogen-bond acceptors (Lipinski definition) is 7. The van der Waals surface area contributed by atoms with Crippen LogP contribution >= 0.6 is 23.1 Å². The van der Waals surface area contributed by atoms with Crippen molar-refractivity contribution in [1.82, 2.24) is 29.9 Å². The van der Waals surface area contributed by atoms with Gasteiger partial charge in [0, 0.05) is 11.9 Å². The van der Waals surface area contributed by atoms with Crippen molar-refractivity contribution in [2.45, 2.75) is 31.9 Å². The summed E-state index contributed by atoms with van der Waals surface area (Å²) in [6.45, 7) is 1.88. The number of aromatic amines is 2. The maximum absolute atomic E-state index is 12.5. The second kappa shape index (κ2) is 6.99. The van der Waals surface area contributed by atoms with Gasteiger partial charge in [0.1, 0.15) is 16.5 Å². The maximum Gasteiger partial charge on any atom is 0.259 e. The summed E-state index contributed by atoms with van der Waals surface area (Å²) >= 11 is 3.03. The Morgan fingerprint density at radius 2 is 2.21 bits per heavy atom. The van der Waals surface area contributed by atoms with Crippen LogP contribution in [0.1, 0.15) is 28.4 Å². The molecule has 0 aliphatic heterocycles. The zero-order valence-corrected chi connectivity index (χ0v) is 17.6. The van der Waals surface area contributed by atoms with Crippen LogP contribution in [0.3, 0.4) is 0 Å². The number of carbonyl (C=O) groups is 1. The molecule has 3 N–H and O–H groups in total. The third-order valence-corrected chi connectivity index (χ3v) is 7.21. The number of fused-ring (bicyclic) bond motifs is 4. The van der Waals surface area contributed by atoms with Gasteiger partial charge in [-0.1, -0.05) is 0 Å². The van der Waals surface area contributed by atoms with Crippen LogP contribution in [0.25, 0.3) is 21.3 Å². The Morgan fingerprint density at radius 1 is 1.34 bits per heavy atom. The lowest BCUT2D eigenvalue weighted by Gasteiger charge is -2.04. The Hall–Kier alpha value is -2.66. The fourth-order valence-corrected chi connectivity index (χ4v) is 5.82. The number of H-pyrrole nitrogens is 2. The molecule has 4 heterocycles. The van der Waals surface area contributed by atoms with E-state index in [9.17, 15) is 9.59 Å². The minimum Gasteiger partial charge on any atom is -0.310 e. The molecule has 0 radical (unpaired) electrons. The average Bonchev–Trinajstić information content (AvgIpc) is 3.39. The van der Waals surface area contributed by atoms with E-state index in [1.54, 1.807) is 16.0 Å². The molecule has 0 aromatic carbocycles. The van der Waals surface area contributed by atoms with Gasteiger partial charge < -0.3 is 10.3 Å². The molecule has 0 saturated heterocycles. The summed E-state index contributed by atoms with van der Waals surface area (Å²) < 4.78 is 1.67. The van der Waals surface area contributed by atoms with E-state index < -0.39 is 0 Å². The number of aryl methyl sites for hydroxylation is 4. The lowest BCUT2D eigenvalue weighted by Crippen LogP contribution is -2.16. The lowest BCUT2D eigenvalue weighted by atomic mass is 10.2. The Balaban J connectivity index is 1.25. The van der Waals surface area contributed by atoms with Gasteiger partial charge in [-0.25, -0.2) is 9.67 Å². The highest BCUT2D eigenvalue weighted by atomic mass is 32.2. The maximum atomic E-state index is 12.5. The number of hydrogen-bond donors (Lipinski definition) is 3. The molecule has 4 aromatic heterocycles. The molecule has 0 unspecified atom stereocenters. The Morgan fingerprint density at radius 3 is 3.07 bits per heavy atom. The highest BCUT2D eigenvalue weighted by Crippen LogP contribution is 2.34. The highest BCUT2D eigenvalue weighted by Gasteiger charge is 2.21. The largest absolute Gasteiger partial charge is 0.310 e. The van der Waals surface area contributed by atoms with Crippen molar-refractivity contribution >= 4 is 56.1 Å². The van der Waals surface area contributed by atoms with Crippen molar-refractivity contribution in [2.24, 2.45) is 7.05 Å². The molecule has 1 aliphatic carbocycles. The van der Waals surface area contributed by atoms with Crippen LogP contribution in [0.4, 0.5) is 5.82 Å². The molecule has 9 nitrogen and oxygen atoms in total. The number of nitrogens with zero attached hydrogens (tertiary/aromatic N) is 4. The standard InChI is InChI=1S/C18H19N7O2S2/c1-8-13-15(22-23-16(13)25(2)24-8)21-12(26)7-28-6-11-19-17(27)14-9-4-3-5-10(9)29-18(14)20-11/h3-7H2,1-2H3,(H,19,20,27)(H2,21,22,23,26). The quantitative estimate of drug-likeness (QED) is 0.447. The number of amides is 1. The van der Waals surface area contributed by atoms with Gasteiger partial charge in [-0.3, -0.25) is 14.7 Å². The van der Waals surface area contributed by atoms with E-state index in [1.807, 2.05) is 14.0 Å². The van der Waals surface area contributed by atoms with Crippen molar-refractivity contribution in [2.75, 3.05) is 11.1 Å². The van der Waals surface area contributed by atoms with E-state index >= 15 is 0 Å². The van der Waals surface area contributed by atoms with Gasteiger partial charge >= 0.3 is 0 Å². The summed E-state index contributed by atoms with van der Waals surface area (Å²) in [7, 11) is 1.81. The van der Waals surface area contributed by atoms with E-state index in [-0.39, 0.29) is 17.2 Å². The van der Waals surface area contributed by atoms with Gasteiger partial charge in [-0.2, -0.15) is 10.2 Å². The Labute approximate surface area is 173 Å². The summed E-state index contributed by atoms with van der Waals surface area (Å²) in [6.07, 6.45) is 3.12. The second-order valence-corrected chi connectivity index (χ2v) is 9.17. The predicted molar refractivity (Wildman–Crippen MR) is 115 cm³/mol. The summed E-state index contributed by atoms with van der Waals surface area (Å²) in [5.74, 6) is 1.71. The second-order valence-electron chi connectivity index (χ2n) is 7.10. The van der Waals surface area contributed by atoms with E-state index in [4.69, 9.17) is 0 Å². The van der Waals surface area contributed by atoms with E-state index in [1.165, 1.54) is 22.2 Å². The first-order valence-electron chi connectivity index (χ1n) is 9.30. The number of anilines is 1. The highest BCUT2D eigenvalue weighted by molar-refractivity contribution is 7.99. The van der Waals surface area contributed by atoms with Crippen molar-refractivity contribution in [3.8, 4) is 0 Å².